The van der Waals surface area contributed by atoms with E-state index < -0.39 is 16.1 Å². The van der Waals surface area contributed by atoms with Crippen LogP contribution in [0.4, 0.5) is 5.13 Å². The van der Waals surface area contributed by atoms with Crippen LogP contribution in [-0.4, -0.2) is 74.4 Å². The Hall–Kier alpha value is -2.05. The third kappa shape index (κ3) is 5.31. The van der Waals surface area contributed by atoms with Crippen molar-refractivity contribution in [2.45, 2.75) is 50.3 Å². The number of methoxy groups -OCH3 is 1. The van der Waals surface area contributed by atoms with Crippen molar-refractivity contribution < 1.29 is 17.9 Å². The minimum Gasteiger partial charge on any atom is -0.494 e. The lowest BCUT2D eigenvalue weighted by molar-refractivity contribution is -0.123. The average Bonchev–Trinajstić information content (AvgIpc) is 3.58. The van der Waals surface area contributed by atoms with E-state index in [4.69, 9.17) is 9.72 Å². The number of hydrogen-bond donors (Lipinski definition) is 0. The minimum absolute atomic E-state index is 0.210. The van der Waals surface area contributed by atoms with Crippen molar-refractivity contribution >= 4 is 54.0 Å². The molecule has 4 rings (SSSR count). The number of fused-ring (bicyclic) bond motifs is 1. The van der Waals surface area contributed by atoms with Gasteiger partial charge in [-0.25, -0.2) is 13.4 Å². The van der Waals surface area contributed by atoms with Crippen LogP contribution in [0.1, 0.15) is 38.7 Å². The molecule has 3 heterocycles. The number of sulfonamides is 1. The number of nitrogens with zero attached hydrogens (tertiary/aromatic N) is 4. The van der Waals surface area contributed by atoms with Gasteiger partial charge in [0.05, 0.1) is 11.8 Å². The molecule has 1 aromatic carbocycles. The van der Waals surface area contributed by atoms with Gasteiger partial charge in [-0.3, -0.25) is 9.69 Å². The fourth-order valence-electron chi connectivity index (χ4n) is 4.61. The second kappa shape index (κ2) is 11.6. The third-order valence-corrected chi connectivity index (χ3v) is 11.2. The van der Waals surface area contributed by atoms with Crippen molar-refractivity contribution in [3.05, 3.63) is 35.2 Å². The molecule has 36 heavy (non-hydrogen) atoms. The average molecular weight is 551 g/mol. The van der Waals surface area contributed by atoms with Crippen LogP contribution < -0.4 is 9.64 Å². The van der Waals surface area contributed by atoms with E-state index in [2.05, 4.69) is 18.7 Å². The standard InChI is InChI=1S/C25H34N4O4S3/c1-5-27(6-2)15-16-28(25-26-22-20(33-4)13-12-18(3)23(22)35-25)24(30)19-10-7-8-14-29(19)36(31,32)21-11-9-17-34-21/h9,11-13,17,19H,5-8,10,14-16H2,1-4H3. The van der Waals surface area contributed by atoms with Crippen LogP contribution in [0.25, 0.3) is 10.2 Å². The highest BCUT2D eigenvalue weighted by Crippen LogP contribution is 2.37. The second-order valence-corrected chi connectivity index (χ2v) is 12.9. The fraction of sp³-hybridized carbons (Fsp3) is 0.520. The number of amides is 1. The maximum absolute atomic E-state index is 14.2. The molecule has 1 amide bonds. The number of rotatable bonds is 10. The minimum atomic E-state index is -3.75. The van der Waals surface area contributed by atoms with Gasteiger partial charge < -0.3 is 9.64 Å². The summed E-state index contributed by atoms with van der Waals surface area (Å²) in [5, 5.41) is 2.33. The zero-order chi connectivity index (χ0) is 25.9. The van der Waals surface area contributed by atoms with Crippen molar-refractivity contribution in [2.75, 3.05) is 44.7 Å². The predicted molar refractivity (Wildman–Crippen MR) is 147 cm³/mol. The van der Waals surface area contributed by atoms with Gasteiger partial charge in [-0.05, 0) is 55.9 Å². The van der Waals surface area contributed by atoms with Gasteiger partial charge in [0.25, 0.3) is 10.0 Å². The zero-order valence-electron chi connectivity index (χ0n) is 21.3. The van der Waals surface area contributed by atoms with Crippen LogP contribution in [0, 0.1) is 6.92 Å². The normalized spacial score (nSPS) is 17.1. The lowest BCUT2D eigenvalue weighted by Crippen LogP contribution is -2.54. The number of hydrogen-bond acceptors (Lipinski definition) is 8. The molecule has 3 aromatic rings. The van der Waals surface area contributed by atoms with Crippen molar-refractivity contribution in [3.63, 3.8) is 0 Å². The predicted octanol–water partition coefficient (Wildman–Crippen LogP) is 4.59. The Labute approximate surface area is 221 Å². The molecule has 0 spiro atoms. The maximum atomic E-state index is 14.2. The van der Waals surface area contributed by atoms with E-state index >= 15 is 0 Å². The highest BCUT2D eigenvalue weighted by atomic mass is 32.2. The number of ether oxygens (including phenoxy) is 1. The van der Waals surface area contributed by atoms with E-state index in [1.807, 2.05) is 19.1 Å². The summed E-state index contributed by atoms with van der Waals surface area (Å²) in [6.07, 6.45) is 2.05. The maximum Gasteiger partial charge on any atom is 0.253 e. The molecule has 0 N–H and O–H groups in total. The Balaban J connectivity index is 1.74. The SMILES string of the molecule is CCN(CC)CCN(C(=O)C1CCCCN1S(=O)(=O)c1cccs1)c1nc2c(OC)ccc(C)c2s1. The van der Waals surface area contributed by atoms with Gasteiger partial charge in [0.2, 0.25) is 5.91 Å². The Morgan fingerprint density at radius 1 is 1.19 bits per heavy atom. The molecule has 196 valence electrons. The first-order valence-electron chi connectivity index (χ1n) is 12.3. The lowest BCUT2D eigenvalue weighted by Gasteiger charge is -2.36. The highest BCUT2D eigenvalue weighted by Gasteiger charge is 2.41. The molecule has 11 heteroatoms. The third-order valence-electron chi connectivity index (χ3n) is 6.74. The Bertz CT molecular complexity index is 1290. The van der Waals surface area contributed by atoms with E-state index in [1.165, 1.54) is 27.0 Å². The molecule has 1 fully saturated rings. The number of anilines is 1. The number of carbonyl (C=O) groups excluding carboxylic acids is 1. The zero-order valence-corrected chi connectivity index (χ0v) is 23.7. The Kier molecular flexibility index (Phi) is 8.67. The first-order chi connectivity index (χ1) is 17.3. The van der Waals surface area contributed by atoms with Crippen LogP contribution in [0.3, 0.4) is 0 Å². The van der Waals surface area contributed by atoms with Crippen molar-refractivity contribution in [3.8, 4) is 5.75 Å². The summed E-state index contributed by atoms with van der Waals surface area (Å²) in [5.74, 6) is 0.450. The van der Waals surface area contributed by atoms with Crippen LogP contribution in [0.2, 0.25) is 0 Å². The smallest absolute Gasteiger partial charge is 0.253 e. The summed E-state index contributed by atoms with van der Waals surface area (Å²) in [4.78, 5) is 23.0. The molecule has 8 nitrogen and oxygen atoms in total. The molecular formula is C25H34N4O4S3. The van der Waals surface area contributed by atoms with Gasteiger partial charge in [0.1, 0.15) is 21.5 Å². The summed E-state index contributed by atoms with van der Waals surface area (Å²) in [5.41, 5.74) is 1.79. The topological polar surface area (TPSA) is 83.0 Å². The number of thiazole rings is 1. The molecule has 1 saturated heterocycles. The van der Waals surface area contributed by atoms with Crippen LogP contribution in [0.15, 0.2) is 33.9 Å². The fourth-order valence-corrected chi connectivity index (χ4v) is 8.46. The number of carbonyl (C=O) groups is 1. The quantitative estimate of drug-likeness (QED) is 0.367. The van der Waals surface area contributed by atoms with Gasteiger partial charge >= 0.3 is 0 Å². The van der Waals surface area contributed by atoms with Crippen LogP contribution in [0.5, 0.6) is 5.75 Å². The summed E-state index contributed by atoms with van der Waals surface area (Å²) in [7, 11) is -2.14. The summed E-state index contributed by atoms with van der Waals surface area (Å²) >= 11 is 2.64. The monoisotopic (exact) mass is 550 g/mol. The Morgan fingerprint density at radius 3 is 2.64 bits per heavy atom. The summed E-state index contributed by atoms with van der Waals surface area (Å²) < 4.78 is 35.1. The molecule has 0 aliphatic carbocycles. The first kappa shape index (κ1) is 27.0. The Morgan fingerprint density at radius 2 is 1.97 bits per heavy atom. The van der Waals surface area contributed by atoms with Gasteiger partial charge in [-0.1, -0.05) is 43.7 Å². The van der Waals surface area contributed by atoms with E-state index in [0.717, 1.165) is 41.7 Å². The number of aromatic nitrogens is 1. The largest absolute Gasteiger partial charge is 0.494 e. The highest BCUT2D eigenvalue weighted by molar-refractivity contribution is 7.91. The van der Waals surface area contributed by atoms with E-state index in [0.29, 0.717) is 36.9 Å². The first-order valence-corrected chi connectivity index (χ1v) is 15.5. The molecule has 0 saturated carbocycles. The van der Waals surface area contributed by atoms with Crippen LogP contribution >= 0.6 is 22.7 Å². The number of likely N-dealkylation sites (N-methyl/N-ethyl adjacent to an activating group) is 1. The van der Waals surface area contributed by atoms with Crippen molar-refractivity contribution in [1.82, 2.24) is 14.2 Å². The van der Waals surface area contributed by atoms with Crippen LogP contribution in [-0.2, 0) is 14.8 Å². The van der Waals surface area contributed by atoms with E-state index in [9.17, 15) is 13.2 Å². The molecule has 0 radical (unpaired) electrons. The molecule has 1 atom stereocenters. The molecule has 1 unspecified atom stereocenters. The number of thiophene rings is 1. The van der Waals surface area contributed by atoms with E-state index in [-0.39, 0.29) is 10.1 Å². The summed E-state index contributed by atoms with van der Waals surface area (Å²) in [6, 6.07) is 6.46. The van der Waals surface area contributed by atoms with Gasteiger partial charge in [-0.15, -0.1) is 11.3 Å². The van der Waals surface area contributed by atoms with Crippen molar-refractivity contribution in [2.24, 2.45) is 0 Å². The molecule has 2 aromatic heterocycles. The van der Waals surface area contributed by atoms with Gasteiger partial charge in [0.15, 0.2) is 5.13 Å². The number of piperidine rings is 1. The number of aryl methyl sites for hydroxylation is 1. The molecule has 1 aliphatic heterocycles. The molecule has 0 bridgehead atoms. The molecule has 1 aliphatic rings. The van der Waals surface area contributed by atoms with Gasteiger partial charge in [-0.2, -0.15) is 4.31 Å². The molecular weight excluding hydrogens is 517 g/mol. The van der Waals surface area contributed by atoms with Crippen molar-refractivity contribution in [1.29, 1.82) is 0 Å². The van der Waals surface area contributed by atoms with E-state index in [1.54, 1.807) is 29.5 Å². The second-order valence-electron chi connectivity index (χ2n) is 8.84. The lowest BCUT2D eigenvalue weighted by atomic mass is 10.0. The van der Waals surface area contributed by atoms with Gasteiger partial charge in [0, 0.05) is 19.6 Å². The number of benzene rings is 1. The summed E-state index contributed by atoms with van der Waals surface area (Å²) in [6.45, 7) is 9.40.